The summed E-state index contributed by atoms with van der Waals surface area (Å²) in [6, 6.07) is 21.1. The average molecular weight is 2090 g/mol. The fourth-order valence-electron chi connectivity index (χ4n) is 19.3. The van der Waals surface area contributed by atoms with Crippen LogP contribution in [0.4, 0.5) is 4.79 Å². The number of aromatic nitrogens is 2. The van der Waals surface area contributed by atoms with Gasteiger partial charge in [-0.3, -0.25) is 62.9 Å². The van der Waals surface area contributed by atoms with Crippen LogP contribution >= 0.6 is 0 Å². The van der Waals surface area contributed by atoms with E-state index >= 15 is 38.4 Å². The average Bonchev–Trinajstić information content (AvgIpc) is 1.72. The molecule has 824 valence electrons. The molecule has 0 bridgehead atoms. The van der Waals surface area contributed by atoms with Crippen molar-refractivity contribution >= 4 is 98.4 Å². The zero-order valence-corrected chi connectivity index (χ0v) is 93.9. The number of hydrogen-bond acceptors (Lipinski definition) is 23. The van der Waals surface area contributed by atoms with Crippen LogP contribution < -0.4 is 46.7 Å². The van der Waals surface area contributed by atoms with E-state index in [-0.39, 0.29) is 113 Å². The van der Waals surface area contributed by atoms with Crippen molar-refractivity contribution in [3.63, 3.8) is 0 Å². The van der Waals surface area contributed by atoms with Gasteiger partial charge in [-0.25, -0.2) is 27.7 Å². The molecule has 5 aromatic rings. The molecule has 1 aromatic heterocycles. The smallest absolute Gasteiger partial charge is 0.407 e. The summed E-state index contributed by atoms with van der Waals surface area (Å²) in [6.07, 6.45) is 1.73. The molecular formula is C114H170N12O22S. The monoisotopic (exact) mass is 2090 g/mol. The van der Waals surface area contributed by atoms with Crippen molar-refractivity contribution in [2.75, 3.05) is 32.8 Å². The maximum atomic E-state index is 15.8. The molecule has 149 heavy (non-hydrogen) atoms. The molecule has 10 N–H and O–H groups in total. The van der Waals surface area contributed by atoms with Crippen molar-refractivity contribution in [2.45, 2.75) is 377 Å². The highest BCUT2D eigenvalue weighted by Crippen LogP contribution is 2.46. The number of likely N-dealkylation sites (tertiary alicyclic amines) is 1. The summed E-state index contributed by atoms with van der Waals surface area (Å²) in [5.41, 5.74) is 0.0769. The Labute approximate surface area is 882 Å². The number of ether oxygens (including phenoxy) is 5. The minimum atomic E-state index is -4.29. The number of aliphatic carboxylic acids is 1. The lowest BCUT2D eigenvalue weighted by atomic mass is 9.76. The van der Waals surface area contributed by atoms with Crippen LogP contribution in [0, 0.1) is 85.4 Å². The van der Waals surface area contributed by atoms with Gasteiger partial charge in [-0.05, 0) is 239 Å². The number of nitrogens with zero attached hydrogens (tertiary/aromatic N) is 3. The molecule has 35 heteroatoms. The van der Waals surface area contributed by atoms with Crippen molar-refractivity contribution in [1.29, 1.82) is 5.41 Å². The van der Waals surface area contributed by atoms with E-state index in [2.05, 4.69) is 41.9 Å². The number of carbonyl (C=O) groups excluding carboxylic acids is 13. The Morgan fingerprint density at radius 3 is 1.56 bits per heavy atom. The highest BCUT2D eigenvalue weighted by Gasteiger charge is 2.46. The molecule has 12 atom stereocenters. The Kier molecular flexibility index (Phi) is 45.8. The third-order valence-corrected chi connectivity index (χ3v) is 28.5. The van der Waals surface area contributed by atoms with Crippen molar-refractivity contribution < 1.29 is 104 Å². The number of amides is 7. The molecule has 0 unspecified atom stereocenters. The van der Waals surface area contributed by atoms with E-state index in [9.17, 15) is 42.3 Å². The minimum absolute atomic E-state index is 0.00830. The first-order valence-electron chi connectivity index (χ1n) is 52.8. The van der Waals surface area contributed by atoms with Crippen LogP contribution in [0.2, 0.25) is 0 Å². The summed E-state index contributed by atoms with van der Waals surface area (Å²) in [7, 11) is -4.29. The van der Waals surface area contributed by atoms with Gasteiger partial charge < -0.3 is 75.5 Å². The lowest BCUT2D eigenvalue weighted by molar-refractivity contribution is -0.155. The van der Waals surface area contributed by atoms with E-state index in [0.717, 1.165) is 22.3 Å². The number of alkyl carbamates (subject to hydrolysis) is 1. The first-order valence-corrected chi connectivity index (χ1v) is 54.3. The number of rotatable bonds is 57. The van der Waals surface area contributed by atoms with Gasteiger partial charge in [0.2, 0.25) is 41.4 Å². The number of guanidine groups is 1. The standard InChI is InChI=1S/C114H170N12O22S/c1-68(2)55-72(9)100(133)120-87(48-39-53-117-107(115)124-149(142,143)99-74(11)73(10)98-86(75(99)12)63-113(26,27)147-98)93(129)62-85(70(5)6)105(138)125-54-40-49-90(125)94(130)57-77(41-37-38-52-118-108(141)148-112(23,24)25)101(134)123-97(71(7)8)95(131)60-80(66-145-110(17,18)19)103(136)119-76(13)91(127)59-79(65-144-109(14,15)16)104(137)122-89(92(128)58-78(56-69(3)4)102(135)121-88(106(139)140)50-51-96(132)146-111(20,21)22)61-84-64-116-67-126(84)114(81-42-31-28-32-43-81,82-44-33-29-34-45-82)83-46-35-30-36-47-83/h28-36,42-47,64,67-72,76-80,85,87-90,97H,37-41,48-63,65-66H2,1-27H3,(H,118,141)(H,119,136)(H,120,133)(H,121,135)(H,122,137)(H,123,134)(H,139,140)(H3,115,117,124)/t72-,76-,77+,78+,79-,80-,85-,87-,88-,89-,90-,97-/m0/s1. The van der Waals surface area contributed by atoms with Crippen LogP contribution in [0.25, 0.3) is 0 Å². The molecule has 34 nitrogen and oxygen atoms in total. The predicted molar refractivity (Wildman–Crippen MR) is 570 cm³/mol. The summed E-state index contributed by atoms with van der Waals surface area (Å²) in [4.78, 5) is 211. The van der Waals surface area contributed by atoms with Gasteiger partial charge in [0.25, 0.3) is 10.0 Å². The van der Waals surface area contributed by atoms with Gasteiger partial charge in [-0.15, -0.1) is 0 Å². The largest absolute Gasteiger partial charge is 0.487 e. The van der Waals surface area contributed by atoms with E-state index in [1.165, 1.54) is 11.8 Å². The van der Waals surface area contributed by atoms with E-state index < -0.39 is 242 Å². The summed E-state index contributed by atoms with van der Waals surface area (Å²) in [6.45, 7) is 47.0. The number of carbonyl (C=O) groups is 14. The molecule has 2 aliphatic heterocycles. The maximum Gasteiger partial charge on any atom is 0.407 e. The second kappa shape index (κ2) is 54.9. The van der Waals surface area contributed by atoms with Gasteiger partial charge in [-0.2, -0.15) is 0 Å². The van der Waals surface area contributed by atoms with Gasteiger partial charge in [0.1, 0.15) is 34.1 Å². The summed E-state index contributed by atoms with van der Waals surface area (Å²) >= 11 is 0. The number of sulfonamides is 1. The molecule has 7 amide bonds. The number of fused-ring (bicyclic) bond motifs is 1. The normalized spacial score (nSPS) is 16.1. The number of nitrogens with one attached hydrogen (secondary N) is 9. The highest BCUT2D eigenvalue weighted by atomic mass is 32.2. The number of ketones is 5. The number of carboxylic acid groups (broad SMARTS) is 1. The van der Waals surface area contributed by atoms with Gasteiger partial charge in [0.05, 0.1) is 77.7 Å². The number of carboxylic acids is 1. The number of Topliss-reactive ketones (excluding diaryl/α,β-unsaturated/α-hetero) is 5. The Balaban J connectivity index is 1.14. The molecule has 0 aliphatic carbocycles. The van der Waals surface area contributed by atoms with Crippen LogP contribution in [0.1, 0.15) is 314 Å². The number of benzene rings is 4. The quantitative estimate of drug-likeness (QED) is 0.00568. The maximum absolute atomic E-state index is 15.8. The van der Waals surface area contributed by atoms with Crippen molar-refractivity contribution in [3.05, 3.63) is 148 Å². The molecular weight excluding hydrogens is 1920 g/mol. The second-order valence-corrected chi connectivity index (χ2v) is 48.2. The Bertz CT molecular complexity index is 5460. The van der Waals surface area contributed by atoms with E-state index in [1.54, 1.807) is 151 Å². The first-order chi connectivity index (χ1) is 69.3. The van der Waals surface area contributed by atoms with Crippen molar-refractivity contribution in [3.8, 4) is 5.75 Å². The molecule has 1 fully saturated rings. The van der Waals surface area contributed by atoms with Gasteiger partial charge in [0.15, 0.2) is 28.9 Å². The minimum Gasteiger partial charge on any atom is -0.487 e. The third-order valence-electron chi connectivity index (χ3n) is 26.9. The van der Waals surface area contributed by atoms with E-state index in [1.807, 2.05) is 137 Å². The third kappa shape index (κ3) is 37.8. The van der Waals surface area contributed by atoms with Crippen LogP contribution in [0.3, 0.4) is 0 Å². The summed E-state index contributed by atoms with van der Waals surface area (Å²) in [5.74, 6) is -16.5. The fourth-order valence-corrected chi connectivity index (χ4v) is 20.8. The molecule has 1 saturated heterocycles. The van der Waals surface area contributed by atoms with E-state index in [4.69, 9.17) is 34.1 Å². The zero-order chi connectivity index (χ0) is 112. The van der Waals surface area contributed by atoms with Gasteiger partial charge in [0, 0.05) is 112 Å². The number of unbranched alkanes of at least 4 members (excludes halogenated alkanes) is 1. The van der Waals surface area contributed by atoms with Crippen LogP contribution in [0.15, 0.2) is 108 Å². The van der Waals surface area contributed by atoms with Gasteiger partial charge >= 0.3 is 18.0 Å². The molecule has 3 heterocycles. The number of esters is 1. The number of hydrogen-bond donors (Lipinski definition) is 10. The lowest BCUT2D eigenvalue weighted by Gasteiger charge is -2.39. The van der Waals surface area contributed by atoms with Crippen molar-refractivity contribution in [2.24, 2.45) is 59.2 Å². The van der Waals surface area contributed by atoms with Crippen molar-refractivity contribution in [1.82, 2.24) is 56.4 Å². The first kappa shape index (κ1) is 124. The van der Waals surface area contributed by atoms with Gasteiger partial charge in [-0.1, -0.05) is 160 Å². The van der Waals surface area contributed by atoms with Crippen LogP contribution in [-0.2, 0) is 110 Å². The molecule has 4 aromatic carbocycles. The predicted octanol–water partition coefficient (Wildman–Crippen LogP) is 15.1. The molecule has 0 radical (unpaired) electrons. The Morgan fingerprint density at radius 1 is 0.530 bits per heavy atom. The lowest BCUT2D eigenvalue weighted by Crippen LogP contribution is -2.51. The van der Waals surface area contributed by atoms with Crippen LogP contribution in [0.5, 0.6) is 5.75 Å². The topological polar surface area (TPSA) is 481 Å². The fraction of sp³-hybridized carbons (Fsp3) is 0.632. The SMILES string of the molecule is Cc1c(C)c(S(=O)(=O)NC(=N)NCCC[C@H](NC(=O)[C@@H](C)CC(C)C)C(=O)C[C@H](C(=O)N2CCC[C@H]2C(=O)C[C@@H](CCCCNC(=O)OC(C)(C)C)C(=O)N[C@H](C(=O)C[C@@H](COC(C)(C)C)C(=O)N[C@@H](C)C(=O)C[C@@H](COC(C)(C)C)C(=O)N[C@@H](Cc2cncn2C(c2ccccc2)(c2ccccc2)c2ccccc2)C(=O)C[C@@H](CC(C)C)C(=O)N[C@@H](CCC(=O)OC(C)(C)C)C(=O)O)C(C)C)C(C)C)c(C)c2c1OC(C)(C)C2. The summed E-state index contributed by atoms with van der Waals surface area (Å²) < 4.78 is 62.2. The molecule has 2 aliphatic rings. The molecule has 7 rings (SSSR count). The Morgan fingerprint density at radius 2 is 1.03 bits per heavy atom. The Hall–Kier alpha value is -11.6. The zero-order valence-electron chi connectivity index (χ0n) is 93.1. The number of imidazole rings is 1. The second-order valence-electron chi connectivity index (χ2n) is 46.6. The summed E-state index contributed by atoms with van der Waals surface area (Å²) in [5, 5.41) is 39.0. The highest BCUT2D eigenvalue weighted by molar-refractivity contribution is 7.90. The molecule has 0 spiro atoms. The van der Waals surface area contributed by atoms with Crippen LogP contribution in [-0.4, -0.2) is 213 Å². The molecule has 0 saturated carbocycles. The van der Waals surface area contributed by atoms with E-state index in [0.29, 0.717) is 53.8 Å².